The number of aromatic nitrogens is 1. The molecule has 9 nitrogen and oxygen atoms in total. The number of sulfonamides is 1. The topological polar surface area (TPSA) is 118 Å². The largest absolute Gasteiger partial charge is 0.477 e. The number of ether oxygens (including phenoxy) is 1. The van der Waals surface area contributed by atoms with Crippen LogP contribution < -0.4 is 19.7 Å². The molecule has 2 aromatic rings. The van der Waals surface area contributed by atoms with E-state index in [1.807, 2.05) is 17.9 Å². The molecule has 42 heavy (non-hydrogen) atoms. The van der Waals surface area contributed by atoms with Gasteiger partial charge in [-0.15, -0.1) is 0 Å². The fourth-order valence-electron chi connectivity index (χ4n) is 6.28. The second kappa shape index (κ2) is 11.2. The molecule has 2 heterocycles. The molecule has 3 saturated carbocycles. The molecule has 226 valence electrons. The van der Waals surface area contributed by atoms with Crippen LogP contribution in [0.1, 0.15) is 94.6 Å². The van der Waals surface area contributed by atoms with Gasteiger partial charge in [0.25, 0.3) is 15.9 Å². The number of hydrogen-bond donors (Lipinski definition) is 2. The van der Waals surface area contributed by atoms with Gasteiger partial charge < -0.3 is 15.0 Å². The SMILES string of the molecule is Cc1ccc(C2CCCCC2)c(OC2(C(=O)NS(=O)(=O)c3cccc(N4CCC(C)(NC(=O)C5CC5)CC4)n3)CC2)c1. The first-order valence-electron chi connectivity index (χ1n) is 15.5. The van der Waals surface area contributed by atoms with Crippen molar-refractivity contribution in [3.05, 3.63) is 47.5 Å². The number of rotatable bonds is 9. The highest BCUT2D eigenvalue weighted by Crippen LogP contribution is 2.45. The zero-order valence-electron chi connectivity index (χ0n) is 24.7. The van der Waals surface area contributed by atoms with Gasteiger partial charge in [-0.1, -0.05) is 37.5 Å². The van der Waals surface area contributed by atoms with E-state index in [0.717, 1.165) is 49.7 Å². The number of benzene rings is 1. The molecule has 0 radical (unpaired) electrons. The summed E-state index contributed by atoms with van der Waals surface area (Å²) in [5.41, 5.74) is 0.684. The quantitative estimate of drug-likeness (QED) is 0.431. The highest BCUT2D eigenvalue weighted by molar-refractivity contribution is 7.90. The van der Waals surface area contributed by atoms with Gasteiger partial charge in [0.1, 0.15) is 11.6 Å². The van der Waals surface area contributed by atoms with Crippen LogP contribution >= 0.6 is 0 Å². The normalized spacial score (nSPS) is 21.8. The molecule has 1 aromatic carbocycles. The summed E-state index contributed by atoms with van der Waals surface area (Å²) in [5, 5.41) is 3.01. The summed E-state index contributed by atoms with van der Waals surface area (Å²) < 4.78 is 35.3. The first-order valence-corrected chi connectivity index (χ1v) is 17.0. The average molecular weight is 595 g/mol. The highest BCUT2D eigenvalue weighted by Gasteiger charge is 2.54. The Morgan fingerprint density at radius 3 is 2.36 bits per heavy atom. The molecule has 2 N–H and O–H groups in total. The standard InChI is InChI=1S/C32H42N4O5S/c1-22-11-14-25(23-7-4-3-5-8-23)26(21-22)41-32(15-16-32)30(38)35-42(39,40)28-10-6-9-27(33-28)36-19-17-31(2,18-20-36)34-29(37)24-12-13-24/h6,9-11,14,21,23-24H,3-5,7-8,12-13,15-20H2,1-2H3,(H,34,37)(H,35,38). The zero-order chi connectivity index (χ0) is 29.5. The minimum absolute atomic E-state index is 0.137. The predicted molar refractivity (Wildman–Crippen MR) is 160 cm³/mol. The Kier molecular flexibility index (Phi) is 7.70. The maximum absolute atomic E-state index is 13.4. The van der Waals surface area contributed by atoms with E-state index in [1.165, 1.54) is 25.3 Å². The summed E-state index contributed by atoms with van der Waals surface area (Å²) in [5.74, 6) is 1.28. The van der Waals surface area contributed by atoms with Crippen molar-refractivity contribution in [2.45, 2.75) is 107 Å². The summed E-state index contributed by atoms with van der Waals surface area (Å²) in [6.45, 7) is 5.34. The molecule has 1 aliphatic heterocycles. The second-order valence-corrected chi connectivity index (χ2v) is 14.7. The van der Waals surface area contributed by atoms with E-state index < -0.39 is 21.5 Å². The Hall–Kier alpha value is -3.14. The van der Waals surface area contributed by atoms with Crippen molar-refractivity contribution in [1.82, 2.24) is 15.0 Å². The Morgan fingerprint density at radius 1 is 0.976 bits per heavy atom. The number of amides is 2. The predicted octanol–water partition coefficient (Wildman–Crippen LogP) is 4.74. The lowest BCUT2D eigenvalue weighted by Crippen LogP contribution is -2.54. The molecular formula is C32H42N4O5S. The van der Waals surface area contributed by atoms with Crippen LogP contribution in [0, 0.1) is 12.8 Å². The van der Waals surface area contributed by atoms with Crippen LogP contribution in [0.15, 0.2) is 41.4 Å². The summed E-state index contributed by atoms with van der Waals surface area (Å²) in [6.07, 6.45) is 10.1. The van der Waals surface area contributed by atoms with E-state index >= 15 is 0 Å². The van der Waals surface area contributed by atoms with E-state index in [2.05, 4.69) is 34.1 Å². The van der Waals surface area contributed by atoms with Crippen LogP contribution in [0.5, 0.6) is 5.75 Å². The summed E-state index contributed by atoms with van der Waals surface area (Å²) in [6, 6.07) is 11.0. The third kappa shape index (κ3) is 6.28. The van der Waals surface area contributed by atoms with Crippen molar-refractivity contribution in [2.75, 3.05) is 18.0 Å². The van der Waals surface area contributed by atoms with Gasteiger partial charge in [0.05, 0.1) is 0 Å². The van der Waals surface area contributed by atoms with Gasteiger partial charge in [0.15, 0.2) is 10.6 Å². The number of anilines is 1. The van der Waals surface area contributed by atoms with Crippen LogP contribution in [0.25, 0.3) is 0 Å². The molecule has 4 fully saturated rings. The molecule has 10 heteroatoms. The lowest BCUT2D eigenvalue weighted by atomic mass is 9.83. The minimum Gasteiger partial charge on any atom is -0.477 e. The third-order valence-electron chi connectivity index (χ3n) is 9.41. The number of carbonyl (C=O) groups excluding carboxylic acids is 2. The van der Waals surface area contributed by atoms with Gasteiger partial charge in [-0.2, -0.15) is 8.42 Å². The van der Waals surface area contributed by atoms with E-state index in [1.54, 1.807) is 12.1 Å². The number of nitrogens with one attached hydrogen (secondary N) is 2. The molecule has 0 bridgehead atoms. The van der Waals surface area contributed by atoms with E-state index in [-0.39, 0.29) is 22.4 Å². The van der Waals surface area contributed by atoms with Crippen LogP contribution in [0.2, 0.25) is 0 Å². The first-order chi connectivity index (χ1) is 20.1. The third-order valence-corrected chi connectivity index (χ3v) is 10.6. The van der Waals surface area contributed by atoms with Crippen molar-refractivity contribution < 1.29 is 22.7 Å². The highest BCUT2D eigenvalue weighted by atomic mass is 32.2. The average Bonchev–Trinajstić information content (AvgIpc) is 3.89. The van der Waals surface area contributed by atoms with E-state index in [9.17, 15) is 18.0 Å². The summed E-state index contributed by atoms with van der Waals surface area (Å²) in [4.78, 5) is 32.2. The Labute approximate surface area is 248 Å². The number of aryl methyl sites for hydroxylation is 1. The second-order valence-electron chi connectivity index (χ2n) is 13.1. The van der Waals surface area contributed by atoms with Crippen molar-refractivity contribution in [3.63, 3.8) is 0 Å². The lowest BCUT2D eigenvalue weighted by Gasteiger charge is -2.40. The van der Waals surface area contributed by atoms with Crippen LogP contribution in [-0.2, 0) is 19.6 Å². The Morgan fingerprint density at radius 2 is 1.69 bits per heavy atom. The number of carbonyl (C=O) groups is 2. The Balaban J connectivity index is 1.12. The maximum atomic E-state index is 13.4. The van der Waals surface area contributed by atoms with Crippen molar-refractivity contribution >= 4 is 27.7 Å². The van der Waals surface area contributed by atoms with Gasteiger partial charge in [-0.25, -0.2) is 9.71 Å². The minimum atomic E-state index is -4.21. The van der Waals surface area contributed by atoms with Gasteiger partial charge >= 0.3 is 0 Å². The molecule has 0 spiro atoms. The fourth-order valence-corrected chi connectivity index (χ4v) is 7.28. The molecular weight excluding hydrogens is 552 g/mol. The molecule has 4 aliphatic rings. The van der Waals surface area contributed by atoms with Crippen LogP contribution in [0.4, 0.5) is 5.82 Å². The molecule has 1 saturated heterocycles. The van der Waals surface area contributed by atoms with E-state index in [0.29, 0.717) is 43.4 Å². The van der Waals surface area contributed by atoms with Gasteiger partial charge in [-0.3, -0.25) is 9.59 Å². The smallest absolute Gasteiger partial charge is 0.281 e. The number of piperidine rings is 1. The fraction of sp³-hybridized carbons (Fsp3) is 0.594. The Bertz CT molecular complexity index is 1450. The number of nitrogens with zero attached hydrogens (tertiary/aromatic N) is 2. The lowest BCUT2D eigenvalue weighted by molar-refractivity contribution is -0.128. The molecule has 0 atom stereocenters. The van der Waals surface area contributed by atoms with Gasteiger partial charge in [0.2, 0.25) is 5.91 Å². The number of pyridine rings is 1. The molecule has 6 rings (SSSR count). The summed E-state index contributed by atoms with van der Waals surface area (Å²) >= 11 is 0. The number of hydrogen-bond acceptors (Lipinski definition) is 7. The first kappa shape index (κ1) is 29.0. The van der Waals surface area contributed by atoms with Gasteiger partial charge in [0, 0.05) is 37.4 Å². The maximum Gasteiger partial charge on any atom is 0.281 e. The van der Waals surface area contributed by atoms with Gasteiger partial charge in [-0.05, 0) is 87.6 Å². The van der Waals surface area contributed by atoms with Crippen molar-refractivity contribution in [3.8, 4) is 5.75 Å². The van der Waals surface area contributed by atoms with Crippen molar-refractivity contribution in [1.29, 1.82) is 0 Å². The van der Waals surface area contributed by atoms with Crippen molar-refractivity contribution in [2.24, 2.45) is 5.92 Å². The zero-order valence-corrected chi connectivity index (χ0v) is 25.5. The molecule has 3 aliphatic carbocycles. The molecule has 0 unspecified atom stereocenters. The van der Waals surface area contributed by atoms with Crippen LogP contribution in [-0.4, -0.2) is 49.4 Å². The van der Waals surface area contributed by atoms with E-state index in [4.69, 9.17) is 4.74 Å². The molecule has 1 aromatic heterocycles. The summed E-state index contributed by atoms with van der Waals surface area (Å²) in [7, 11) is -4.21. The molecule has 2 amide bonds. The monoisotopic (exact) mass is 594 g/mol. The van der Waals surface area contributed by atoms with Crippen LogP contribution in [0.3, 0.4) is 0 Å².